The van der Waals surface area contributed by atoms with E-state index in [1.807, 2.05) is 0 Å². The van der Waals surface area contributed by atoms with Gasteiger partial charge in [0, 0.05) is 22.9 Å². The Labute approximate surface area is 93.2 Å². The molecule has 3 nitrogen and oxygen atoms in total. The molecule has 0 aliphatic heterocycles. The van der Waals surface area contributed by atoms with Crippen LogP contribution in [-0.4, -0.2) is 19.2 Å². The lowest BCUT2D eigenvalue weighted by Crippen LogP contribution is -2.05. The van der Waals surface area contributed by atoms with Crippen molar-refractivity contribution in [3.05, 3.63) is 35.8 Å². The summed E-state index contributed by atoms with van der Waals surface area (Å²) in [6.45, 7) is 1.61. The molecule has 1 heterocycles. The maximum absolute atomic E-state index is 12.9. The highest BCUT2D eigenvalue weighted by atomic mass is 32.2. The average molecular weight is 241 g/mol. The van der Waals surface area contributed by atoms with E-state index in [2.05, 4.69) is 4.98 Å². The first-order chi connectivity index (χ1) is 7.52. The van der Waals surface area contributed by atoms with E-state index in [4.69, 9.17) is 0 Å². The molecular weight excluding hydrogens is 229 g/mol. The molecule has 0 amide bonds. The predicted molar refractivity (Wildman–Crippen MR) is 61.4 cm³/mol. The second-order valence-electron chi connectivity index (χ2n) is 3.68. The number of sulfone groups is 1. The van der Waals surface area contributed by atoms with Crippen molar-refractivity contribution >= 4 is 20.7 Å². The summed E-state index contributed by atoms with van der Waals surface area (Å²) in [5.41, 5.74) is 1.32. The van der Waals surface area contributed by atoms with Gasteiger partial charge in [-0.3, -0.25) is 0 Å². The number of aromatic amines is 1. The van der Waals surface area contributed by atoms with Crippen LogP contribution < -0.4 is 0 Å². The number of rotatable bonds is 3. The maximum atomic E-state index is 12.9. The molecule has 2 rings (SSSR count). The summed E-state index contributed by atoms with van der Waals surface area (Å²) in [5, 5.41) is 0.762. The summed E-state index contributed by atoms with van der Waals surface area (Å²) in [7, 11) is -3.06. The normalized spacial score (nSPS) is 12.1. The number of halogens is 1. The smallest absolute Gasteiger partial charge is 0.154 e. The van der Waals surface area contributed by atoms with Crippen LogP contribution in [0.1, 0.15) is 12.5 Å². The van der Waals surface area contributed by atoms with E-state index in [9.17, 15) is 12.8 Å². The zero-order valence-electron chi connectivity index (χ0n) is 8.83. The topological polar surface area (TPSA) is 49.9 Å². The molecule has 0 bridgehead atoms. The Morgan fingerprint density at radius 2 is 2.12 bits per heavy atom. The Morgan fingerprint density at radius 1 is 1.38 bits per heavy atom. The lowest BCUT2D eigenvalue weighted by molar-refractivity contribution is 0.596. The van der Waals surface area contributed by atoms with Gasteiger partial charge in [-0.25, -0.2) is 12.8 Å². The Bertz CT molecular complexity index is 616. The van der Waals surface area contributed by atoms with Gasteiger partial charge in [-0.05, 0) is 23.8 Å². The molecular formula is C11H12FNO2S. The summed E-state index contributed by atoms with van der Waals surface area (Å²) in [6, 6.07) is 4.29. The minimum Gasteiger partial charge on any atom is -0.361 e. The Hall–Kier alpha value is -1.36. The number of aromatic nitrogens is 1. The van der Waals surface area contributed by atoms with Crippen LogP contribution in [0.3, 0.4) is 0 Å². The lowest BCUT2D eigenvalue weighted by Gasteiger charge is -1.99. The first kappa shape index (κ1) is 11.1. The van der Waals surface area contributed by atoms with Crippen LogP contribution in [-0.2, 0) is 15.6 Å². The van der Waals surface area contributed by atoms with Crippen LogP contribution in [0.15, 0.2) is 24.4 Å². The molecule has 0 aliphatic rings. The van der Waals surface area contributed by atoms with Crippen LogP contribution in [0.2, 0.25) is 0 Å². The van der Waals surface area contributed by atoms with Crippen molar-refractivity contribution in [2.45, 2.75) is 12.7 Å². The van der Waals surface area contributed by atoms with Crippen LogP contribution in [0.5, 0.6) is 0 Å². The van der Waals surface area contributed by atoms with Gasteiger partial charge >= 0.3 is 0 Å². The van der Waals surface area contributed by atoms with Crippen LogP contribution >= 0.6 is 0 Å². The van der Waals surface area contributed by atoms with Gasteiger partial charge in [0.15, 0.2) is 9.84 Å². The highest BCUT2D eigenvalue weighted by molar-refractivity contribution is 7.90. The molecule has 16 heavy (non-hydrogen) atoms. The maximum Gasteiger partial charge on any atom is 0.154 e. The van der Waals surface area contributed by atoms with E-state index in [-0.39, 0.29) is 17.3 Å². The molecule has 0 saturated carbocycles. The van der Waals surface area contributed by atoms with E-state index in [0.717, 1.165) is 5.39 Å². The van der Waals surface area contributed by atoms with Gasteiger partial charge in [0.1, 0.15) is 5.82 Å². The van der Waals surface area contributed by atoms with Gasteiger partial charge in [0.05, 0.1) is 5.75 Å². The van der Waals surface area contributed by atoms with Crippen LogP contribution in [0.4, 0.5) is 4.39 Å². The third-order valence-corrected chi connectivity index (χ3v) is 4.18. The minimum atomic E-state index is -3.06. The fourth-order valence-electron chi connectivity index (χ4n) is 1.62. The largest absolute Gasteiger partial charge is 0.361 e. The molecule has 0 spiro atoms. The number of hydrogen-bond donors (Lipinski definition) is 1. The summed E-state index contributed by atoms with van der Waals surface area (Å²) in [6.07, 6.45) is 1.62. The SMILES string of the molecule is CCS(=O)(=O)Cc1c[nH]c2cc(F)ccc12. The van der Waals surface area contributed by atoms with Gasteiger partial charge in [-0.15, -0.1) is 0 Å². The lowest BCUT2D eigenvalue weighted by atomic mass is 10.2. The Morgan fingerprint density at radius 3 is 2.81 bits per heavy atom. The van der Waals surface area contributed by atoms with Crippen molar-refractivity contribution in [2.24, 2.45) is 0 Å². The highest BCUT2D eigenvalue weighted by Crippen LogP contribution is 2.21. The standard InChI is InChI=1S/C11H12FNO2S/c1-2-16(14,15)7-8-6-13-11-5-9(12)3-4-10(8)11/h3-6,13H,2,7H2,1H3. The van der Waals surface area contributed by atoms with Crippen molar-refractivity contribution < 1.29 is 12.8 Å². The van der Waals surface area contributed by atoms with Crippen LogP contribution in [0.25, 0.3) is 10.9 Å². The summed E-state index contributed by atoms with van der Waals surface area (Å²) >= 11 is 0. The fourth-order valence-corrected chi connectivity index (χ4v) is 2.53. The summed E-state index contributed by atoms with van der Waals surface area (Å²) < 4.78 is 35.9. The molecule has 0 unspecified atom stereocenters. The van der Waals surface area contributed by atoms with Crippen molar-refractivity contribution in [3.63, 3.8) is 0 Å². The predicted octanol–water partition coefficient (Wildman–Crippen LogP) is 2.24. The first-order valence-corrected chi connectivity index (χ1v) is 6.80. The second kappa shape index (κ2) is 3.90. The molecule has 5 heteroatoms. The molecule has 86 valence electrons. The van der Waals surface area contributed by atoms with E-state index in [1.54, 1.807) is 19.2 Å². The summed E-state index contributed by atoms with van der Waals surface area (Å²) in [5.74, 6) is -0.227. The zero-order chi connectivity index (χ0) is 11.8. The number of benzene rings is 1. The number of fused-ring (bicyclic) bond motifs is 1. The van der Waals surface area contributed by atoms with Gasteiger partial charge in [0.2, 0.25) is 0 Å². The van der Waals surface area contributed by atoms with Gasteiger partial charge in [0.25, 0.3) is 0 Å². The summed E-state index contributed by atoms with van der Waals surface area (Å²) in [4.78, 5) is 2.87. The van der Waals surface area contributed by atoms with E-state index in [0.29, 0.717) is 11.1 Å². The number of nitrogens with one attached hydrogen (secondary N) is 1. The molecule has 0 saturated heterocycles. The Kier molecular flexibility index (Phi) is 2.71. The molecule has 1 N–H and O–H groups in total. The van der Waals surface area contributed by atoms with E-state index < -0.39 is 9.84 Å². The van der Waals surface area contributed by atoms with Gasteiger partial charge < -0.3 is 4.98 Å². The average Bonchev–Trinajstić information content (AvgIpc) is 2.60. The third-order valence-electron chi connectivity index (χ3n) is 2.54. The number of H-pyrrole nitrogens is 1. The Balaban J connectivity index is 2.47. The number of hydrogen-bond acceptors (Lipinski definition) is 2. The first-order valence-electron chi connectivity index (χ1n) is 4.98. The third kappa shape index (κ3) is 2.09. The van der Waals surface area contributed by atoms with Crippen molar-refractivity contribution in [3.8, 4) is 0 Å². The van der Waals surface area contributed by atoms with Crippen molar-refractivity contribution in [1.82, 2.24) is 4.98 Å². The minimum absolute atomic E-state index is 0.00483. The molecule has 1 aromatic carbocycles. The molecule has 0 aliphatic carbocycles. The van der Waals surface area contributed by atoms with E-state index >= 15 is 0 Å². The van der Waals surface area contributed by atoms with Gasteiger partial charge in [-0.2, -0.15) is 0 Å². The van der Waals surface area contributed by atoms with Crippen LogP contribution in [0, 0.1) is 5.82 Å². The highest BCUT2D eigenvalue weighted by Gasteiger charge is 2.12. The molecule has 1 aromatic heterocycles. The van der Waals surface area contributed by atoms with Crippen molar-refractivity contribution in [2.75, 3.05) is 5.75 Å². The monoisotopic (exact) mass is 241 g/mol. The zero-order valence-corrected chi connectivity index (χ0v) is 9.64. The molecule has 0 radical (unpaired) electrons. The van der Waals surface area contributed by atoms with Crippen molar-refractivity contribution in [1.29, 1.82) is 0 Å². The van der Waals surface area contributed by atoms with E-state index in [1.165, 1.54) is 12.1 Å². The quantitative estimate of drug-likeness (QED) is 0.896. The fraction of sp³-hybridized carbons (Fsp3) is 0.273. The molecule has 0 atom stereocenters. The molecule has 0 fully saturated rings. The second-order valence-corrected chi connectivity index (χ2v) is 6.03. The van der Waals surface area contributed by atoms with Gasteiger partial charge in [-0.1, -0.05) is 6.92 Å². The molecule has 2 aromatic rings.